The number of carbonyl (C=O) groups is 1. The average molecular weight is 359 g/mol. The lowest BCUT2D eigenvalue weighted by molar-refractivity contribution is 0.0000790. The number of ether oxygens (including phenoxy) is 3. The van der Waals surface area contributed by atoms with Gasteiger partial charge in [-0.25, -0.2) is 4.79 Å². The highest BCUT2D eigenvalue weighted by Gasteiger charge is 2.39. The zero-order valence-corrected chi connectivity index (χ0v) is 16.4. The Morgan fingerprint density at radius 1 is 1.15 bits per heavy atom. The molecule has 1 amide bonds. The van der Waals surface area contributed by atoms with Gasteiger partial charge in [0.2, 0.25) is 0 Å². The molecular weight excluding hydrogens is 330 g/mol. The number of hydrogen-bond acceptors (Lipinski definition) is 4. The lowest BCUT2D eigenvalue weighted by Gasteiger charge is -2.45. The van der Waals surface area contributed by atoms with Crippen LogP contribution < -0.4 is 9.47 Å². The molecule has 2 unspecified atom stereocenters. The van der Waals surface area contributed by atoms with Crippen molar-refractivity contribution in [3.8, 4) is 11.5 Å². The van der Waals surface area contributed by atoms with Gasteiger partial charge in [-0.15, -0.1) is 0 Å². The number of benzene rings is 1. The number of nitrogens with zero attached hydrogens (tertiary/aromatic N) is 1. The zero-order chi connectivity index (χ0) is 18.9. The molecule has 0 aromatic heterocycles. The van der Waals surface area contributed by atoms with E-state index in [0.717, 1.165) is 42.7 Å². The number of fused-ring (bicyclic) bond motifs is 2. The summed E-state index contributed by atoms with van der Waals surface area (Å²) in [7, 11) is 3.31. The molecule has 26 heavy (non-hydrogen) atoms. The quantitative estimate of drug-likeness (QED) is 0.788. The minimum absolute atomic E-state index is 0.0725. The summed E-state index contributed by atoms with van der Waals surface area (Å²) in [6, 6.07) is 6.18. The van der Waals surface area contributed by atoms with Crippen LogP contribution in [0.3, 0.4) is 0 Å². The summed E-state index contributed by atoms with van der Waals surface area (Å²) in [5.74, 6) is 1.48. The van der Waals surface area contributed by atoms with Crippen LogP contribution in [0.2, 0.25) is 0 Å². The second-order valence-electron chi connectivity index (χ2n) is 7.98. The lowest BCUT2D eigenvalue weighted by atomic mass is 9.83. The van der Waals surface area contributed by atoms with Crippen molar-refractivity contribution in [1.82, 2.24) is 4.90 Å². The molecule has 0 N–H and O–H groups in total. The molecule has 1 fully saturated rings. The van der Waals surface area contributed by atoms with Crippen molar-refractivity contribution in [3.05, 3.63) is 29.8 Å². The third kappa shape index (κ3) is 3.67. The summed E-state index contributed by atoms with van der Waals surface area (Å²) < 4.78 is 16.7. The first-order valence-electron chi connectivity index (χ1n) is 9.27. The topological polar surface area (TPSA) is 48.0 Å². The van der Waals surface area contributed by atoms with Gasteiger partial charge >= 0.3 is 6.09 Å². The van der Waals surface area contributed by atoms with E-state index in [0.29, 0.717) is 0 Å². The molecule has 2 heterocycles. The molecular formula is C21H29NO4. The molecule has 0 spiro atoms. The highest BCUT2D eigenvalue weighted by Crippen LogP contribution is 2.42. The summed E-state index contributed by atoms with van der Waals surface area (Å²) in [6.45, 7) is 5.73. The van der Waals surface area contributed by atoms with Crippen molar-refractivity contribution in [2.45, 2.75) is 64.1 Å². The van der Waals surface area contributed by atoms with Crippen molar-refractivity contribution < 1.29 is 19.0 Å². The summed E-state index contributed by atoms with van der Waals surface area (Å²) in [6.07, 6.45) is 5.90. The molecule has 2 aliphatic rings. The van der Waals surface area contributed by atoms with Crippen LogP contribution >= 0.6 is 0 Å². The summed E-state index contributed by atoms with van der Waals surface area (Å²) in [5, 5.41) is 0. The molecule has 2 atom stereocenters. The van der Waals surface area contributed by atoms with Crippen LogP contribution in [0.1, 0.15) is 52.0 Å². The van der Waals surface area contributed by atoms with Crippen molar-refractivity contribution in [2.24, 2.45) is 0 Å². The molecule has 5 nitrogen and oxygen atoms in total. The first-order chi connectivity index (χ1) is 12.3. The van der Waals surface area contributed by atoms with Gasteiger partial charge in [0.05, 0.1) is 20.3 Å². The Bertz CT molecular complexity index is 704. The highest BCUT2D eigenvalue weighted by atomic mass is 16.6. The predicted molar refractivity (Wildman–Crippen MR) is 102 cm³/mol. The SMILES string of the molecule is COc1cccc(C2=CC3CCCC(C2)N3C(=O)OC(C)(C)C)c1OC. The summed E-state index contributed by atoms with van der Waals surface area (Å²) in [5.41, 5.74) is 1.79. The van der Waals surface area contributed by atoms with Crippen LogP contribution in [0.4, 0.5) is 4.79 Å². The van der Waals surface area contributed by atoms with Crippen LogP contribution in [-0.4, -0.2) is 42.9 Å². The number of para-hydroxylation sites is 1. The second kappa shape index (κ2) is 7.22. The highest BCUT2D eigenvalue weighted by molar-refractivity contribution is 5.78. The van der Waals surface area contributed by atoms with Crippen LogP contribution in [0.25, 0.3) is 5.57 Å². The fourth-order valence-corrected chi connectivity index (χ4v) is 3.97. The molecule has 1 aromatic carbocycles. The fraction of sp³-hybridized carbons (Fsp3) is 0.571. The summed E-state index contributed by atoms with van der Waals surface area (Å²) >= 11 is 0. The van der Waals surface area contributed by atoms with E-state index < -0.39 is 5.60 Å². The Labute approximate surface area is 155 Å². The normalized spacial score (nSPS) is 22.5. The maximum atomic E-state index is 12.7. The van der Waals surface area contributed by atoms with Crippen molar-refractivity contribution in [3.63, 3.8) is 0 Å². The van der Waals surface area contributed by atoms with Gasteiger partial charge in [0.25, 0.3) is 0 Å². The van der Waals surface area contributed by atoms with Gasteiger partial charge in [-0.2, -0.15) is 0 Å². The van der Waals surface area contributed by atoms with Crippen molar-refractivity contribution in [1.29, 1.82) is 0 Å². The predicted octanol–water partition coefficient (Wildman–Crippen LogP) is 4.65. The second-order valence-corrected chi connectivity index (χ2v) is 7.98. The maximum absolute atomic E-state index is 12.7. The first-order valence-corrected chi connectivity index (χ1v) is 9.27. The smallest absolute Gasteiger partial charge is 0.411 e. The van der Waals surface area contributed by atoms with E-state index >= 15 is 0 Å². The molecule has 2 aliphatic heterocycles. The Hall–Kier alpha value is -2.17. The molecule has 3 rings (SSSR count). The Morgan fingerprint density at radius 3 is 2.54 bits per heavy atom. The molecule has 0 radical (unpaired) electrons. The molecule has 1 aromatic rings. The van der Waals surface area contributed by atoms with Crippen LogP contribution in [0.15, 0.2) is 24.3 Å². The van der Waals surface area contributed by atoms with E-state index in [1.807, 2.05) is 37.8 Å². The summed E-state index contributed by atoms with van der Waals surface area (Å²) in [4.78, 5) is 14.7. The molecule has 5 heteroatoms. The average Bonchev–Trinajstić information content (AvgIpc) is 2.58. The lowest BCUT2D eigenvalue weighted by Crippen LogP contribution is -2.53. The number of rotatable bonds is 3. The number of methoxy groups -OCH3 is 2. The van der Waals surface area contributed by atoms with Gasteiger partial charge in [0.15, 0.2) is 11.5 Å². The Morgan fingerprint density at radius 2 is 1.92 bits per heavy atom. The molecule has 2 bridgehead atoms. The van der Waals surface area contributed by atoms with E-state index in [2.05, 4.69) is 12.1 Å². The number of piperidine rings is 1. The number of amides is 1. The third-order valence-corrected chi connectivity index (χ3v) is 4.99. The fourth-order valence-electron chi connectivity index (χ4n) is 3.97. The molecule has 0 saturated carbocycles. The minimum atomic E-state index is -0.481. The van der Waals surface area contributed by atoms with Gasteiger partial charge in [0, 0.05) is 11.6 Å². The van der Waals surface area contributed by atoms with Gasteiger partial charge in [-0.3, -0.25) is 4.90 Å². The van der Waals surface area contributed by atoms with Crippen LogP contribution in [-0.2, 0) is 4.74 Å². The monoisotopic (exact) mass is 359 g/mol. The Kier molecular flexibility index (Phi) is 5.17. The van der Waals surface area contributed by atoms with E-state index in [1.165, 1.54) is 5.57 Å². The largest absolute Gasteiger partial charge is 0.493 e. The van der Waals surface area contributed by atoms with Gasteiger partial charge in [0.1, 0.15) is 5.60 Å². The number of carbonyl (C=O) groups excluding carboxylic acids is 1. The van der Waals surface area contributed by atoms with E-state index in [-0.39, 0.29) is 18.2 Å². The zero-order valence-electron chi connectivity index (χ0n) is 16.4. The van der Waals surface area contributed by atoms with Gasteiger partial charge in [-0.1, -0.05) is 18.2 Å². The number of hydrogen-bond donors (Lipinski definition) is 0. The molecule has 1 saturated heterocycles. The molecule has 142 valence electrons. The molecule has 0 aliphatic carbocycles. The first kappa shape index (κ1) is 18.6. The van der Waals surface area contributed by atoms with Gasteiger partial charge in [-0.05, 0) is 58.1 Å². The van der Waals surface area contributed by atoms with Crippen LogP contribution in [0.5, 0.6) is 11.5 Å². The van der Waals surface area contributed by atoms with Crippen LogP contribution in [0, 0.1) is 0 Å². The Balaban J connectivity index is 1.93. The van der Waals surface area contributed by atoms with Crippen molar-refractivity contribution >= 4 is 11.7 Å². The standard InChI is InChI=1S/C21H29NO4/c1-21(2,3)26-20(23)22-15-8-6-9-16(22)13-14(12-15)17-10-7-11-18(24-4)19(17)25-5/h7,10-12,15-16H,6,8-9,13H2,1-5H3. The minimum Gasteiger partial charge on any atom is -0.493 e. The third-order valence-electron chi connectivity index (χ3n) is 4.99. The van der Waals surface area contributed by atoms with E-state index in [4.69, 9.17) is 14.2 Å². The maximum Gasteiger partial charge on any atom is 0.411 e. The van der Waals surface area contributed by atoms with Crippen molar-refractivity contribution in [2.75, 3.05) is 14.2 Å². The van der Waals surface area contributed by atoms with E-state index in [9.17, 15) is 4.79 Å². The van der Waals surface area contributed by atoms with Gasteiger partial charge < -0.3 is 14.2 Å². The van der Waals surface area contributed by atoms with E-state index in [1.54, 1.807) is 14.2 Å².